The Kier molecular flexibility index (Phi) is 6.37. The molecule has 1 N–H and O–H groups in total. The molecule has 1 aliphatic heterocycles. The summed E-state index contributed by atoms with van der Waals surface area (Å²) in [5.41, 5.74) is -2.80. The molecule has 8 nitrogen and oxygen atoms in total. The summed E-state index contributed by atoms with van der Waals surface area (Å²) in [5, 5.41) is 19.7. The number of nitro groups is 1. The van der Waals surface area contributed by atoms with Crippen molar-refractivity contribution in [3.63, 3.8) is 0 Å². The van der Waals surface area contributed by atoms with Gasteiger partial charge < -0.3 is 9.47 Å². The molecule has 0 radical (unpaired) electrons. The van der Waals surface area contributed by atoms with Crippen LogP contribution >= 0.6 is 0 Å². The molecule has 11 heteroatoms. The number of nitrogens with one attached hydrogen (secondary N) is 1. The minimum atomic E-state index is -3.64. The van der Waals surface area contributed by atoms with Gasteiger partial charge in [-0.1, -0.05) is 0 Å². The predicted octanol–water partition coefficient (Wildman–Crippen LogP) is 2.80. The van der Waals surface area contributed by atoms with Gasteiger partial charge in [0.05, 0.1) is 33.3 Å². The maximum absolute atomic E-state index is 15.4. The van der Waals surface area contributed by atoms with Crippen molar-refractivity contribution in [2.75, 3.05) is 19.8 Å². The van der Waals surface area contributed by atoms with Gasteiger partial charge in [-0.15, -0.1) is 0 Å². The van der Waals surface area contributed by atoms with E-state index in [1.54, 1.807) is 26.8 Å². The molecule has 154 valence electrons. The Hall–Kier alpha value is -2.16. The Morgan fingerprint density at radius 3 is 2.71 bits per heavy atom. The topological polar surface area (TPSA) is 114 Å². The van der Waals surface area contributed by atoms with Crippen LogP contribution in [0, 0.1) is 21.4 Å². The van der Waals surface area contributed by atoms with Crippen LogP contribution in [0.2, 0.25) is 0 Å². The van der Waals surface area contributed by atoms with E-state index in [0.29, 0.717) is 0 Å². The van der Waals surface area contributed by atoms with E-state index in [9.17, 15) is 14.3 Å². The predicted molar refractivity (Wildman–Crippen MR) is 97.3 cm³/mol. The van der Waals surface area contributed by atoms with E-state index in [2.05, 4.69) is 4.72 Å². The van der Waals surface area contributed by atoms with E-state index in [1.807, 2.05) is 0 Å². The van der Waals surface area contributed by atoms with E-state index in [-0.39, 0.29) is 24.3 Å². The van der Waals surface area contributed by atoms with E-state index in [0.717, 1.165) is 12.1 Å². The van der Waals surface area contributed by atoms with Gasteiger partial charge in [-0.25, -0.2) is 17.7 Å². The third-order valence-electron chi connectivity index (χ3n) is 4.27. The molecule has 0 saturated heterocycles. The first-order chi connectivity index (χ1) is 12.9. The molecule has 0 spiro atoms. The van der Waals surface area contributed by atoms with Crippen LogP contribution in [0.4, 0.5) is 14.5 Å². The van der Waals surface area contributed by atoms with Gasteiger partial charge in [-0.05, 0) is 26.8 Å². The quantitative estimate of drug-likeness (QED) is 0.414. The van der Waals surface area contributed by atoms with Gasteiger partial charge in [-0.3, -0.25) is 10.1 Å². The van der Waals surface area contributed by atoms with Crippen molar-refractivity contribution >= 4 is 16.7 Å². The zero-order chi connectivity index (χ0) is 21.2. The first kappa shape index (κ1) is 22.1. The fourth-order valence-corrected chi connectivity index (χ4v) is 3.74. The summed E-state index contributed by atoms with van der Waals surface area (Å²) in [6.07, 6.45) is -0.300. The van der Waals surface area contributed by atoms with Gasteiger partial charge in [0.2, 0.25) is 0 Å². The van der Waals surface area contributed by atoms with Gasteiger partial charge in [0, 0.05) is 24.1 Å². The average Bonchev–Trinajstić information content (AvgIpc) is 2.60. The number of rotatable bonds is 7. The standard InChI is InChI=1S/C17H21F2N3O5S/c1-15(2,3)28(25)21-16(17(18,19)11-26-9-7-20)6-8-27-14-5-4-12(22(23)24)10-13(14)16/h4-5,10,21H,6,8-9,11H2,1-3H3/t16-,28-/m1/s1. The van der Waals surface area contributed by atoms with Crippen LogP contribution in [0.15, 0.2) is 18.2 Å². The van der Waals surface area contributed by atoms with Crippen molar-refractivity contribution in [3.05, 3.63) is 33.9 Å². The largest absolute Gasteiger partial charge is 0.493 e. The maximum Gasteiger partial charge on any atom is 0.293 e. The summed E-state index contributed by atoms with van der Waals surface area (Å²) in [4.78, 5) is 10.5. The highest BCUT2D eigenvalue weighted by molar-refractivity contribution is 7.84. The average molecular weight is 417 g/mol. The van der Waals surface area contributed by atoms with Gasteiger partial charge in [-0.2, -0.15) is 5.26 Å². The molecule has 0 amide bonds. The second-order valence-corrected chi connectivity index (χ2v) is 9.25. The molecular weight excluding hydrogens is 396 g/mol. The fourth-order valence-electron chi connectivity index (χ4n) is 2.76. The molecule has 1 heterocycles. The lowest BCUT2D eigenvalue weighted by Crippen LogP contribution is -2.62. The zero-order valence-electron chi connectivity index (χ0n) is 15.7. The molecule has 2 rings (SSSR count). The highest BCUT2D eigenvalue weighted by atomic mass is 32.2. The van der Waals surface area contributed by atoms with Gasteiger partial charge in [0.1, 0.15) is 24.5 Å². The van der Waals surface area contributed by atoms with Crippen molar-refractivity contribution < 1.29 is 27.4 Å². The molecule has 0 fully saturated rings. The second-order valence-electron chi connectivity index (χ2n) is 7.28. The third kappa shape index (κ3) is 4.29. The van der Waals surface area contributed by atoms with Crippen LogP contribution in [-0.2, 0) is 21.3 Å². The summed E-state index contributed by atoms with van der Waals surface area (Å²) in [6.45, 7) is 3.04. The first-order valence-corrected chi connectivity index (χ1v) is 9.53. The number of nitro benzene ring substituents is 1. The van der Waals surface area contributed by atoms with Crippen molar-refractivity contribution in [2.45, 2.75) is 43.4 Å². The molecule has 0 aromatic heterocycles. The molecule has 2 atom stereocenters. The number of nitriles is 1. The number of hydrogen-bond donors (Lipinski definition) is 1. The van der Waals surface area contributed by atoms with Crippen LogP contribution in [0.5, 0.6) is 5.75 Å². The molecule has 0 aliphatic carbocycles. The van der Waals surface area contributed by atoms with Crippen molar-refractivity contribution in [3.8, 4) is 11.8 Å². The lowest BCUT2D eigenvalue weighted by Gasteiger charge is -2.44. The van der Waals surface area contributed by atoms with Crippen LogP contribution in [0.25, 0.3) is 0 Å². The number of hydrogen-bond acceptors (Lipinski definition) is 6. The Morgan fingerprint density at radius 1 is 1.46 bits per heavy atom. The normalized spacial score (nSPS) is 20.6. The third-order valence-corrected chi connectivity index (χ3v) is 5.91. The van der Waals surface area contributed by atoms with E-state index in [4.69, 9.17) is 14.7 Å². The number of ether oxygens (including phenoxy) is 2. The summed E-state index contributed by atoms with van der Waals surface area (Å²) < 4.78 is 55.3. The van der Waals surface area contributed by atoms with E-state index in [1.165, 1.54) is 6.07 Å². The SMILES string of the molecule is CC(C)(C)[S@@](=O)N[C@]1(C(F)(F)COCC#N)CCOc2ccc([N+](=O)[O-])cc21. The lowest BCUT2D eigenvalue weighted by molar-refractivity contribution is -0.385. The number of fused-ring (bicyclic) bond motifs is 1. The van der Waals surface area contributed by atoms with E-state index < -0.39 is 51.0 Å². The number of non-ortho nitro benzene ring substituents is 1. The molecular formula is C17H21F2N3O5S. The number of benzene rings is 1. The van der Waals surface area contributed by atoms with Gasteiger partial charge in [0.15, 0.2) is 0 Å². The van der Waals surface area contributed by atoms with Crippen LogP contribution in [-0.4, -0.2) is 39.6 Å². The molecule has 1 aliphatic rings. The number of halogens is 2. The summed E-state index contributed by atoms with van der Waals surface area (Å²) in [5.74, 6) is -3.60. The molecule has 0 bridgehead atoms. The molecule has 0 unspecified atom stereocenters. The molecule has 1 aromatic carbocycles. The van der Waals surface area contributed by atoms with Gasteiger partial charge in [0.25, 0.3) is 11.6 Å². The van der Waals surface area contributed by atoms with Gasteiger partial charge >= 0.3 is 0 Å². The van der Waals surface area contributed by atoms with Crippen molar-refractivity contribution in [1.29, 1.82) is 5.26 Å². The number of alkyl halides is 2. The minimum absolute atomic E-state index is 0.0372. The molecule has 0 saturated carbocycles. The lowest BCUT2D eigenvalue weighted by atomic mass is 9.80. The highest BCUT2D eigenvalue weighted by Crippen LogP contribution is 2.48. The van der Waals surface area contributed by atoms with Crippen LogP contribution in [0.1, 0.15) is 32.8 Å². The smallest absolute Gasteiger partial charge is 0.293 e. The second kappa shape index (κ2) is 8.06. The monoisotopic (exact) mass is 417 g/mol. The minimum Gasteiger partial charge on any atom is -0.493 e. The van der Waals surface area contributed by atoms with Crippen LogP contribution in [0.3, 0.4) is 0 Å². The Labute approximate surface area is 163 Å². The fraction of sp³-hybridized carbons (Fsp3) is 0.588. The molecule has 1 aromatic rings. The number of nitrogens with zero attached hydrogens (tertiary/aromatic N) is 2. The Morgan fingerprint density at radius 2 is 2.14 bits per heavy atom. The van der Waals surface area contributed by atoms with Crippen molar-refractivity contribution in [2.24, 2.45) is 0 Å². The molecule has 28 heavy (non-hydrogen) atoms. The summed E-state index contributed by atoms with van der Waals surface area (Å²) in [6, 6.07) is 5.01. The van der Waals surface area contributed by atoms with E-state index >= 15 is 8.78 Å². The maximum atomic E-state index is 15.4. The van der Waals surface area contributed by atoms with Crippen LogP contribution < -0.4 is 9.46 Å². The highest BCUT2D eigenvalue weighted by Gasteiger charge is 2.59. The Balaban J connectivity index is 2.63. The first-order valence-electron chi connectivity index (χ1n) is 8.38. The van der Waals surface area contributed by atoms with Crippen molar-refractivity contribution in [1.82, 2.24) is 4.72 Å². The summed E-state index contributed by atoms with van der Waals surface area (Å²) in [7, 11) is -1.93. The summed E-state index contributed by atoms with van der Waals surface area (Å²) >= 11 is 0. The zero-order valence-corrected chi connectivity index (χ0v) is 16.5. The Bertz CT molecular complexity index is 822.